The van der Waals surface area contributed by atoms with E-state index in [1.165, 1.54) is 36.4 Å². The number of nitrogens with two attached hydrogens (primary N) is 1. The smallest absolute Gasteiger partial charge is 0.744 e. The van der Waals surface area contributed by atoms with Crippen LogP contribution in [-0.2, 0) is 10.1 Å². The molecule has 0 unspecified atom stereocenters. The first-order valence-corrected chi connectivity index (χ1v) is 12.5. The van der Waals surface area contributed by atoms with Gasteiger partial charge in [0.2, 0.25) is 0 Å². The molecular weight excluding hydrogens is 556 g/mol. The van der Waals surface area contributed by atoms with Crippen LogP contribution in [0.5, 0.6) is 0 Å². The van der Waals surface area contributed by atoms with Crippen molar-refractivity contribution < 1.29 is 91.6 Å². The molecule has 4 aromatic rings. The molecule has 10 nitrogen and oxygen atoms in total. The molecule has 0 amide bonds. The van der Waals surface area contributed by atoms with Crippen molar-refractivity contribution in [2.24, 2.45) is 0 Å². The van der Waals surface area contributed by atoms with Gasteiger partial charge in [-0.3, -0.25) is 9.59 Å². The van der Waals surface area contributed by atoms with E-state index in [0.717, 1.165) is 6.07 Å². The van der Waals surface area contributed by atoms with Crippen LogP contribution in [0.25, 0.3) is 0 Å². The van der Waals surface area contributed by atoms with Crippen molar-refractivity contribution in [3.05, 3.63) is 107 Å². The largest absolute Gasteiger partial charge is 1.00 e. The molecule has 0 saturated heterocycles. The van der Waals surface area contributed by atoms with E-state index in [9.17, 15) is 32.5 Å². The van der Waals surface area contributed by atoms with Gasteiger partial charge in [0.1, 0.15) is 10.1 Å². The Kier molecular flexibility index (Phi) is 9.66. The summed E-state index contributed by atoms with van der Waals surface area (Å²) in [6.45, 7) is 0. The minimum atomic E-state index is -5.16. The molecule has 4 aromatic carbocycles. The van der Waals surface area contributed by atoms with E-state index in [2.05, 4.69) is 10.6 Å². The Labute approximate surface area is 273 Å². The van der Waals surface area contributed by atoms with Crippen molar-refractivity contribution in [3.8, 4) is 0 Å². The predicted octanol–water partition coefficient (Wildman–Crippen LogP) is -3.19. The number of carbonyl (C=O) groups is 3. The molecule has 40 heavy (non-hydrogen) atoms. The average Bonchev–Trinajstić information content (AvgIpc) is 2.88. The molecule has 13 heteroatoms. The number of benzene rings is 4. The third kappa shape index (κ3) is 5.87. The molecule has 0 fully saturated rings. The number of aromatic carboxylic acids is 1. The molecular formula is C27H17N3Na2O7S. The maximum Gasteiger partial charge on any atom is 1.00 e. The number of hydrogen-bond acceptors (Lipinski definition) is 10. The monoisotopic (exact) mass is 573 g/mol. The zero-order chi connectivity index (χ0) is 27.2. The number of nitrogens with one attached hydrogen (secondary N) is 2. The fraction of sp³-hybridized carbons (Fsp3) is 0. The van der Waals surface area contributed by atoms with Gasteiger partial charge in [-0.1, -0.05) is 42.5 Å². The minimum Gasteiger partial charge on any atom is -0.744 e. The number of ketones is 2. The summed E-state index contributed by atoms with van der Waals surface area (Å²) in [7, 11) is -5.16. The summed E-state index contributed by atoms with van der Waals surface area (Å²) in [5.74, 6) is -2.85. The Bertz CT molecular complexity index is 1780. The fourth-order valence-electron chi connectivity index (χ4n) is 4.33. The molecule has 0 atom stereocenters. The molecule has 4 N–H and O–H groups in total. The number of carboxylic acid groups (broad SMARTS) is 1. The van der Waals surface area contributed by atoms with Gasteiger partial charge < -0.3 is 30.8 Å². The van der Waals surface area contributed by atoms with Crippen LogP contribution >= 0.6 is 0 Å². The van der Waals surface area contributed by atoms with Crippen LogP contribution < -0.4 is 80.6 Å². The Hall–Kier alpha value is -3.00. The number of para-hydroxylation sites is 1. The van der Waals surface area contributed by atoms with Gasteiger partial charge >= 0.3 is 59.1 Å². The van der Waals surface area contributed by atoms with Crippen LogP contribution in [0.15, 0.2) is 83.8 Å². The summed E-state index contributed by atoms with van der Waals surface area (Å²) in [6.07, 6.45) is 0. The van der Waals surface area contributed by atoms with Crippen LogP contribution in [-0.4, -0.2) is 30.5 Å². The number of rotatable bonds is 6. The molecule has 1 aliphatic carbocycles. The van der Waals surface area contributed by atoms with E-state index in [1.807, 2.05) is 0 Å². The van der Waals surface area contributed by atoms with E-state index in [1.54, 1.807) is 36.4 Å². The first-order valence-electron chi connectivity index (χ1n) is 11.1. The molecule has 0 heterocycles. The fourth-order valence-corrected chi connectivity index (χ4v) is 4.97. The van der Waals surface area contributed by atoms with Gasteiger partial charge in [-0.15, -0.1) is 0 Å². The van der Waals surface area contributed by atoms with E-state index >= 15 is 0 Å². The molecule has 5 rings (SSSR count). The average molecular weight is 573 g/mol. The van der Waals surface area contributed by atoms with Crippen LogP contribution in [0.1, 0.15) is 42.2 Å². The van der Waals surface area contributed by atoms with Gasteiger partial charge in [0.15, 0.2) is 11.6 Å². The van der Waals surface area contributed by atoms with Crippen molar-refractivity contribution >= 4 is 56.1 Å². The second-order valence-electron chi connectivity index (χ2n) is 8.41. The second-order valence-corrected chi connectivity index (χ2v) is 9.76. The quantitative estimate of drug-likeness (QED) is 0.106. The van der Waals surface area contributed by atoms with Gasteiger partial charge in [0.05, 0.1) is 33.4 Å². The Morgan fingerprint density at radius 3 is 1.85 bits per heavy atom. The summed E-state index contributed by atoms with van der Waals surface area (Å²) in [4.78, 5) is 37.7. The molecule has 0 spiro atoms. The summed E-state index contributed by atoms with van der Waals surface area (Å²) < 4.78 is 36.0. The molecule has 0 bridgehead atoms. The van der Waals surface area contributed by atoms with E-state index in [-0.39, 0.29) is 98.4 Å². The molecule has 0 aromatic heterocycles. The maximum absolute atomic E-state index is 13.4. The number of nitrogen functional groups attached to an aromatic ring is 1. The summed E-state index contributed by atoms with van der Waals surface area (Å²) in [6, 6.07) is 19.7. The molecule has 1 aliphatic rings. The van der Waals surface area contributed by atoms with Crippen LogP contribution in [0.3, 0.4) is 0 Å². The number of anilines is 5. The minimum absolute atomic E-state index is 0. The maximum atomic E-state index is 13.4. The number of carbonyl (C=O) groups excluding carboxylic acids is 3. The van der Waals surface area contributed by atoms with Gasteiger partial charge in [0.25, 0.3) is 0 Å². The summed E-state index contributed by atoms with van der Waals surface area (Å²) in [5, 5.41) is 17.7. The van der Waals surface area contributed by atoms with E-state index in [4.69, 9.17) is 5.73 Å². The van der Waals surface area contributed by atoms with Gasteiger partial charge in [-0.2, -0.15) is 0 Å². The first-order chi connectivity index (χ1) is 18.1. The molecule has 0 saturated carbocycles. The second kappa shape index (κ2) is 12.2. The number of fused-ring (bicyclic) bond motifs is 2. The zero-order valence-corrected chi connectivity index (χ0v) is 26.2. The Balaban J connectivity index is 0.00000220. The Morgan fingerprint density at radius 2 is 1.27 bits per heavy atom. The van der Waals surface area contributed by atoms with Gasteiger partial charge in [-0.05, 0) is 36.4 Å². The third-order valence-corrected chi connectivity index (χ3v) is 6.92. The van der Waals surface area contributed by atoms with Crippen molar-refractivity contribution in [1.29, 1.82) is 0 Å². The van der Waals surface area contributed by atoms with Gasteiger partial charge in [-0.25, -0.2) is 8.42 Å². The van der Waals surface area contributed by atoms with Crippen molar-refractivity contribution in [2.45, 2.75) is 4.90 Å². The molecule has 0 aliphatic heterocycles. The topological polar surface area (TPSA) is 182 Å². The van der Waals surface area contributed by atoms with Crippen molar-refractivity contribution in [2.75, 3.05) is 16.4 Å². The Morgan fingerprint density at radius 1 is 0.725 bits per heavy atom. The van der Waals surface area contributed by atoms with Crippen LogP contribution in [0.4, 0.5) is 28.4 Å². The molecule has 190 valence electrons. The van der Waals surface area contributed by atoms with E-state index < -0.39 is 43.8 Å². The summed E-state index contributed by atoms with van der Waals surface area (Å²) in [5.41, 5.74) is 5.24. The normalized spacial score (nSPS) is 11.8. The first kappa shape index (κ1) is 31.5. The third-order valence-electron chi connectivity index (χ3n) is 6.04. The van der Waals surface area contributed by atoms with Crippen LogP contribution in [0.2, 0.25) is 0 Å². The zero-order valence-electron chi connectivity index (χ0n) is 21.3. The molecule has 0 radical (unpaired) electrons. The SMILES string of the molecule is Nc1c(S(=O)(=O)[O-])cc(Nc2ccc(Nc3ccccc3)c(C(=O)[O-])c2)c2c1C(=O)c1ccccc1C2=O.[Na+].[Na+]. The number of carboxylic acids is 1. The van der Waals surface area contributed by atoms with E-state index in [0.29, 0.717) is 5.69 Å². The summed E-state index contributed by atoms with van der Waals surface area (Å²) >= 11 is 0. The van der Waals surface area contributed by atoms with Crippen molar-refractivity contribution in [1.82, 2.24) is 0 Å². The standard InChI is InChI=1S/C27H19N3O7S.2Na/c28-24-21(38(35,36)37)13-20(22-23(24)26(32)17-9-5-4-8-16(17)25(22)31)30-15-10-11-19(18(12-15)27(33)34)29-14-6-2-1-3-7-14;;/h1-13,29-30H,28H2,(H,33,34)(H,35,36,37);;/q;2*+1/p-2. The van der Waals surface area contributed by atoms with Crippen LogP contribution in [0, 0.1) is 0 Å². The van der Waals surface area contributed by atoms with Crippen molar-refractivity contribution in [3.63, 3.8) is 0 Å². The predicted molar refractivity (Wildman–Crippen MR) is 136 cm³/mol. The van der Waals surface area contributed by atoms with Gasteiger partial charge in [0, 0.05) is 33.8 Å². The number of hydrogen-bond donors (Lipinski definition) is 3.